The summed E-state index contributed by atoms with van der Waals surface area (Å²) in [6.45, 7) is 5.66. The first-order chi connectivity index (χ1) is 9.65. The van der Waals surface area contributed by atoms with E-state index in [1.807, 2.05) is 52.2 Å². The van der Waals surface area contributed by atoms with Crippen molar-refractivity contribution >= 4 is 10.0 Å². The van der Waals surface area contributed by atoms with Crippen molar-refractivity contribution in [2.75, 3.05) is 27.2 Å². The first-order valence-corrected chi connectivity index (χ1v) is 8.69. The van der Waals surface area contributed by atoms with Gasteiger partial charge < -0.3 is 10.6 Å². The fourth-order valence-corrected chi connectivity index (χ4v) is 3.77. The standard InChI is InChI=1S/C15H27N3O2S/c1-15(2,12-18(3)4)11-17-21(19,20)10-14-8-6-5-7-13(14)9-16/h5-8,17H,9-12,16H2,1-4H3. The summed E-state index contributed by atoms with van der Waals surface area (Å²) in [6, 6.07) is 7.37. The lowest BCUT2D eigenvalue weighted by atomic mass is 9.93. The predicted molar refractivity (Wildman–Crippen MR) is 87.3 cm³/mol. The molecule has 0 aliphatic carbocycles. The summed E-state index contributed by atoms with van der Waals surface area (Å²) >= 11 is 0. The zero-order valence-corrected chi connectivity index (χ0v) is 14.2. The van der Waals surface area contributed by atoms with Gasteiger partial charge in [0.2, 0.25) is 10.0 Å². The Labute approximate surface area is 128 Å². The van der Waals surface area contributed by atoms with Crippen molar-refractivity contribution in [3.8, 4) is 0 Å². The Morgan fingerprint density at radius 1 is 1.19 bits per heavy atom. The van der Waals surface area contributed by atoms with Gasteiger partial charge in [-0.2, -0.15) is 0 Å². The second-order valence-corrected chi connectivity index (χ2v) is 8.26. The maximum Gasteiger partial charge on any atom is 0.215 e. The Kier molecular flexibility index (Phi) is 6.34. The second kappa shape index (κ2) is 7.35. The number of hydrogen-bond acceptors (Lipinski definition) is 4. The molecule has 1 aromatic carbocycles. The normalized spacial score (nSPS) is 12.9. The number of rotatable bonds is 8. The third-order valence-electron chi connectivity index (χ3n) is 3.20. The zero-order valence-electron chi connectivity index (χ0n) is 13.4. The molecule has 5 nitrogen and oxygen atoms in total. The summed E-state index contributed by atoms with van der Waals surface area (Å²) < 4.78 is 27.2. The van der Waals surface area contributed by atoms with E-state index in [0.29, 0.717) is 13.1 Å². The number of hydrogen-bond donors (Lipinski definition) is 2. The van der Waals surface area contributed by atoms with Crippen molar-refractivity contribution < 1.29 is 8.42 Å². The molecule has 0 aromatic heterocycles. The molecule has 0 saturated carbocycles. The van der Waals surface area contributed by atoms with Gasteiger partial charge in [-0.15, -0.1) is 0 Å². The molecule has 0 spiro atoms. The van der Waals surface area contributed by atoms with E-state index in [9.17, 15) is 8.42 Å². The fraction of sp³-hybridized carbons (Fsp3) is 0.600. The van der Waals surface area contributed by atoms with Gasteiger partial charge in [0.15, 0.2) is 0 Å². The minimum Gasteiger partial charge on any atom is -0.326 e. The number of nitrogens with two attached hydrogens (primary N) is 1. The lowest BCUT2D eigenvalue weighted by molar-refractivity contribution is 0.242. The van der Waals surface area contributed by atoms with E-state index in [4.69, 9.17) is 5.73 Å². The predicted octanol–water partition coefficient (Wildman–Crippen LogP) is 1.15. The summed E-state index contributed by atoms with van der Waals surface area (Å²) in [5.74, 6) is -0.0293. The molecule has 3 N–H and O–H groups in total. The van der Waals surface area contributed by atoms with Crippen LogP contribution in [0.2, 0.25) is 0 Å². The van der Waals surface area contributed by atoms with Crippen LogP contribution in [-0.2, 0) is 22.3 Å². The molecule has 0 aliphatic rings. The Morgan fingerprint density at radius 3 is 2.29 bits per heavy atom. The van der Waals surface area contributed by atoms with E-state index < -0.39 is 10.0 Å². The molecule has 0 bridgehead atoms. The van der Waals surface area contributed by atoms with Crippen molar-refractivity contribution in [3.05, 3.63) is 35.4 Å². The van der Waals surface area contributed by atoms with Gasteiger partial charge in [0, 0.05) is 19.6 Å². The molecule has 120 valence electrons. The monoisotopic (exact) mass is 313 g/mol. The summed E-state index contributed by atoms with van der Waals surface area (Å²) in [7, 11) is 0.600. The van der Waals surface area contributed by atoms with Gasteiger partial charge >= 0.3 is 0 Å². The van der Waals surface area contributed by atoms with Crippen molar-refractivity contribution in [1.29, 1.82) is 0 Å². The van der Waals surface area contributed by atoms with Crippen LogP contribution in [0.15, 0.2) is 24.3 Å². The molecule has 1 aromatic rings. The Bertz CT molecular complexity index is 554. The van der Waals surface area contributed by atoms with Crippen LogP contribution in [0.4, 0.5) is 0 Å². The summed E-state index contributed by atoms with van der Waals surface area (Å²) in [5.41, 5.74) is 7.16. The van der Waals surface area contributed by atoms with E-state index in [2.05, 4.69) is 9.62 Å². The highest BCUT2D eigenvalue weighted by atomic mass is 32.2. The van der Waals surface area contributed by atoms with Crippen LogP contribution in [0.5, 0.6) is 0 Å². The number of nitrogens with zero attached hydrogens (tertiary/aromatic N) is 1. The second-order valence-electron chi connectivity index (χ2n) is 6.46. The minimum absolute atomic E-state index is 0.0293. The van der Waals surface area contributed by atoms with Crippen LogP contribution < -0.4 is 10.5 Å². The third kappa shape index (κ3) is 6.56. The van der Waals surface area contributed by atoms with E-state index in [1.165, 1.54) is 0 Å². The number of sulfonamides is 1. The van der Waals surface area contributed by atoms with Crippen LogP contribution >= 0.6 is 0 Å². The Morgan fingerprint density at radius 2 is 1.76 bits per heavy atom. The van der Waals surface area contributed by atoms with Gasteiger partial charge in [0.05, 0.1) is 5.75 Å². The average molecular weight is 313 g/mol. The molecule has 0 atom stereocenters. The van der Waals surface area contributed by atoms with Gasteiger partial charge in [-0.25, -0.2) is 13.1 Å². The molecule has 1 rings (SSSR count). The minimum atomic E-state index is -3.36. The molecule has 0 heterocycles. The molecule has 0 amide bonds. The van der Waals surface area contributed by atoms with Gasteiger partial charge in [0.25, 0.3) is 0 Å². The molecule has 0 saturated heterocycles. The van der Waals surface area contributed by atoms with Crippen LogP contribution in [0, 0.1) is 5.41 Å². The largest absolute Gasteiger partial charge is 0.326 e. The van der Waals surface area contributed by atoms with Gasteiger partial charge in [0.1, 0.15) is 0 Å². The molecule has 0 radical (unpaired) electrons. The van der Waals surface area contributed by atoms with E-state index in [1.54, 1.807) is 0 Å². The third-order valence-corrected chi connectivity index (χ3v) is 4.47. The van der Waals surface area contributed by atoms with Crippen molar-refractivity contribution in [2.45, 2.75) is 26.1 Å². The van der Waals surface area contributed by atoms with Crippen molar-refractivity contribution in [3.63, 3.8) is 0 Å². The van der Waals surface area contributed by atoms with Crippen LogP contribution in [0.25, 0.3) is 0 Å². The van der Waals surface area contributed by atoms with Crippen LogP contribution in [0.1, 0.15) is 25.0 Å². The van der Waals surface area contributed by atoms with Gasteiger partial charge in [-0.3, -0.25) is 0 Å². The quantitative estimate of drug-likeness (QED) is 0.755. The zero-order chi connectivity index (χ0) is 16.1. The molecule has 0 aliphatic heterocycles. The SMILES string of the molecule is CN(C)CC(C)(C)CNS(=O)(=O)Cc1ccccc1CN. The van der Waals surface area contributed by atoms with E-state index >= 15 is 0 Å². The van der Waals surface area contributed by atoms with Crippen molar-refractivity contribution in [1.82, 2.24) is 9.62 Å². The summed E-state index contributed by atoms with van der Waals surface area (Å²) in [6.07, 6.45) is 0. The number of nitrogens with one attached hydrogen (secondary N) is 1. The summed E-state index contributed by atoms with van der Waals surface area (Å²) in [5, 5.41) is 0. The lowest BCUT2D eigenvalue weighted by Crippen LogP contribution is -2.40. The average Bonchev–Trinajstić information content (AvgIpc) is 2.35. The van der Waals surface area contributed by atoms with Crippen LogP contribution in [0.3, 0.4) is 0 Å². The van der Waals surface area contributed by atoms with Crippen LogP contribution in [-0.4, -0.2) is 40.5 Å². The van der Waals surface area contributed by atoms with Gasteiger partial charge in [-0.05, 0) is 30.6 Å². The molecular weight excluding hydrogens is 286 g/mol. The van der Waals surface area contributed by atoms with E-state index in [-0.39, 0.29) is 11.2 Å². The fourth-order valence-electron chi connectivity index (χ4n) is 2.37. The summed E-state index contributed by atoms with van der Waals surface area (Å²) in [4.78, 5) is 2.05. The highest BCUT2D eigenvalue weighted by molar-refractivity contribution is 7.88. The first kappa shape index (κ1) is 18.1. The highest BCUT2D eigenvalue weighted by Gasteiger charge is 2.22. The molecule has 0 fully saturated rings. The molecular formula is C15H27N3O2S. The maximum atomic E-state index is 12.2. The molecule has 0 unspecified atom stereocenters. The molecule has 6 heteroatoms. The first-order valence-electron chi connectivity index (χ1n) is 7.04. The van der Waals surface area contributed by atoms with Gasteiger partial charge in [-0.1, -0.05) is 38.1 Å². The number of benzene rings is 1. The van der Waals surface area contributed by atoms with E-state index in [0.717, 1.165) is 17.7 Å². The Balaban J connectivity index is 2.70. The topological polar surface area (TPSA) is 75.4 Å². The maximum absolute atomic E-state index is 12.2. The smallest absolute Gasteiger partial charge is 0.215 e. The lowest BCUT2D eigenvalue weighted by Gasteiger charge is -2.28. The highest BCUT2D eigenvalue weighted by Crippen LogP contribution is 2.16. The molecule has 21 heavy (non-hydrogen) atoms. The Hall–Kier alpha value is -0.950. The van der Waals surface area contributed by atoms with Crippen molar-refractivity contribution in [2.24, 2.45) is 11.1 Å².